The molecular weight excluding hydrogens is 324 g/mol. The molecule has 1 aromatic rings. The summed E-state index contributed by atoms with van der Waals surface area (Å²) in [5, 5.41) is 0. The summed E-state index contributed by atoms with van der Waals surface area (Å²) in [6, 6.07) is 7.11. The van der Waals surface area contributed by atoms with Crippen molar-refractivity contribution < 1.29 is 9.47 Å². The van der Waals surface area contributed by atoms with E-state index in [0.717, 1.165) is 30.7 Å². The molecule has 0 unspecified atom stereocenters. The lowest BCUT2D eigenvalue weighted by Crippen LogP contribution is -2.49. The fourth-order valence-corrected chi connectivity index (χ4v) is 5.12. The standard InChI is InChI=1S/C22H34N2O2/c1-25-22-10-9-20(15-19(22)16-23-11-4-5-12-23)26-17-18-7-6-14-24-13-3-2-8-21(18)24/h9-10,15,18,21H,2-8,11-14,16-17H2,1H3/t18-,21+/m0/s1. The number of nitrogens with zero attached hydrogens (tertiary/aromatic N) is 2. The van der Waals surface area contributed by atoms with Crippen molar-refractivity contribution in [1.29, 1.82) is 0 Å². The first-order valence-corrected chi connectivity index (χ1v) is 10.6. The number of ether oxygens (including phenoxy) is 2. The molecule has 0 saturated carbocycles. The van der Waals surface area contributed by atoms with Gasteiger partial charge < -0.3 is 9.47 Å². The van der Waals surface area contributed by atoms with Crippen molar-refractivity contribution in [3.63, 3.8) is 0 Å². The van der Waals surface area contributed by atoms with E-state index in [9.17, 15) is 0 Å². The maximum atomic E-state index is 6.30. The van der Waals surface area contributed by atoms with Crippen LogP contribution >= 0.6 is 0 Å². The van der Waals surface area contributed by atoms with Crippen LogP contribution in [0.5, 0.6) is 11.5 Å². The molecule has 3 saturated heterocycles. The Morgan fingerprint density at radius 3 is 2.62 bits per heavy atom. The number of hydrogen-bond donors (Lipinski definition) is 0. The highest BCUT2D eigenvalue weighted by atomic mass is 16.5. The largest absolute Gasteiger partial charge is 0.496 e. The van der Waals surface area contributed by atoms with Crippen LogP contribution in [-0.4, -0.2) is 55.7 Å². The summed E-state index contributed by atoms with van der Waals surface area (Å²) in [6.45, 7) is 6.83. The number of fused-ring (bicyclic) bond motifs is 1. The van der Waals surface area contributed by atoms with Crippen molar-refractivity contribution >= 4 is 0 Å². The maximum absolute atomic E-state index is 6.30. The van der Waals surface area contributed by atoms with Crippen molar-refractivity contribution in [3.8, 4) is 11.5 Å². The Hall–Kier alpha value is -1.26. The average Bonchev–Trinajstić information content (AvgIpc) is 3.19. The molecule has 26 heavy (non-hydrogen) atoms. The van der Waals surface area contributed by atoms with Gasteiger partial charge in [-0.15, -0.1) is 0 Å². The van der Waals surface area contributed by atoms with Crippen LogP contribution in [0.2, 0.25) is 0 Å². The van der Waals surface area contributed by atoms with E-state index >= 15 is 0 Å². The van der Waals surface area contributed by atoms with E-state index in [1.165, 1.54) is 76.7 Å². The molecule has 3 heterocycles. The summed E-state index contributed by atoms with van der Waals surface area (Å²) < 4.78 is 11.9. The summed E-state index contributed by atoms with van der Waals surface area (Å²) in [5.41, 5.74) is 1.26. The Bertz CT molecular complexity index is 584. The van der Waals surface area contributed by atoms with Gasteiger partial charge in [-0.3, -0.25) is 9.80 Å². The Kier molecular flexibility index (Phi) is 6.01. The third kappa shape index (κ3) is 4.17. The van der Waals surface area contributed by atoms with E-state index in [0.29, 0.717) is 5.92 Å². The zero-order valence-electron chi connectivity index (χ0n) is 16.3. The van der Waals surface area contributed by atoms with Gasteiger partial charge in [0, 0.05) is 24.1 Å². The molecule has 3 aliphatic rings. The second kappa shape index (κ2) is 8.62. The summed E-state index contributed by atoms with van der Waals surface area (Å²) in [5.74, 6) is 2.68. The summed E-state index contributed by atoms with van der Waals surface area (Å²) in [6.07, 6.45) is 9.40. The molecule has 4 heteroatoms. The minimum Gasteiger partial charge on any atom is -0.496 e. The minimum absolute atomic E-state index is 0.688. The SMILES string of the molecule is COc1ccc(OC[C@@H]2CCCN3CCCC[C@H]23)cc1CN1CCCC1. The van der Waals surface area contributed by atoms with E-state index < -0.39 is 0 Å². The molecule has 3 fully saturated rings. The molecule has 0 bridgehead atoms. The molecule has 4 nitrogen and oxygen atoms in total. The molecular formula is C22H34N2O2. The van der Waals surface area contributed by atoms with Crippen LogP contribution in [0.25, 0.3) is 0 Å². The fourth-order valence-electron chi connectivity index (χ4n) is 5.12. The smallest absolute Gasteiger partial charge is 0.123 e. The highest BCUT2D eigenvalue weighted by Crippen LogP contribution is 2.32. The molecule has 0 spiro atoms. The van der Waals surface area contributed by atoms with E-state index in [1.54, 1.807) is 7.11 Å². The van der Waals surface area contributed by atoms with Gasteiger partial charge in [-0.2, -0.15) is 0 Å². The van der Waals surface area contributed by atoms with Crippen molar-refractivity contribution in [1.82, 2.24) is 9.80 Å². The Morgan fingerprint density at radius 1 is 0.962 bits per heavy atom. The van der Waals surface area contributed by atoms with Gasteiger partial charge in [-0.25, -0.2) is 0 Å². The summed E-state index contributed by atoms with van der Waals surface area (Å²) in [4.78, 5) is 5.23. The zero-order valence-corrected chi connectivity index (χ0v) is 16.3. The molecule has 1 aromatic carbocycles. The van der Waals surface area contributed by atoms with Crippen LogP contribution in [0.1, 0.15) is 50.5 Å². The summed E-state index contributed by atoms with van der Waals surface area (Å²) >= 11 is 0. The van der Waals surface area contributed by atoms with Crippen molar-refractivity contribution in [2.24, 2.45) is 5.92 Å². The lowest BCUT2D eigenvalue weighted by molar-refractivity contribution is 0.0366. The third-order valence-electron chi connectivity index (χ3n) is 6.54. The molecule has 0 aliphatic carbocycles. The van der Waals surface area contributed by atoms with Crippen LogP contribution in [0.4, 0.5) is 0 Å². The molecule has 4 rings (SSSR count). The fraction of sp³-hybridized carbons (Fsp3) is 0.727. The predicted octanol–water partition coefficient (Wildman–Crippen LogP) is 3.93. The minimum atomic E-state index is 0.688. The second-order valence-corrected chi connectivity index (χ2v) is 8.27. The highest BCUT2D eigenvalue weighted by Gasteiger charge is 2.33. The molecule has 0 amide bonds. The number of rotatable bonds is 6. The average molecular weight is 359 g/mol. The third-order valence-corrected chi connectivity index (χ3v) is 6.54. The van der Waals surface area contributed by atoms with E-state index in [4.69, 9.17) is 9.47 Å². The first kappa shape index (κ1) is 18.1. The Balaban J connectivity index is 1.39. The van der Waals surface area contributed by atoms with Gasteiger partial charge in [0.15, 0.2) is 0 Å². The van der Waals surface area contributed by atoms with Crippen LogP contribution < -0.4 is 9.47 Å². The molecule has 3 aliphatic heterocycles. The van der Waals surface area contributed by atoms with Gasteiger partial charge in [0.2, 0.25) is 0 Å². The van der Waals surface area contributed by atoms with E-state index in [2.05, 4.69) is 28.0 Å². The van der Waals surface area contributed by atoms with Crippen LogP contribution in [-0.2, 0) is 6.54 Å². The number of benzene rings is 1. The quantitative estimate of drug-likeness (QED) is 0.769. The number of methoxy groups -OCH3 is 1. The number of hydrogen-bond acceptors (Lipinski definition) is 4. The summed E-state index contributed by atoms with van der Waals surface area (Å²) in [7, 11) is 1.77. The monoisotopic (exact) mass is 358 g/mol. The maximum Gasteiger partial charge on any atom is 0.123 e. The number of likely N-dealkylation sites (tertiary alicyclic amines) is 1. The van der Waals surface area contributed by atoms with Gasteiger partial charge in [-0.05, 0) is 82.9 Å². The molecule has 0 N–H and O–H groups in total. The topological polar surface area (TPSA) is 24.9 Å². The molecule has 0 aromatic heterocycles. The Labute approximate surface area is 158 Å². The van der Waals surface area contributed by atoms with Gasteiger partial charge >= 0.3 is 0 Å². The van der Waals surface area contributed by atoms with Crippen molar-refractivity contribution in [2.45, 2.75) is 57.5 Å². The van der Waals surface area contributed by atoms with Crippen LogP contribution in [0.15, 0.2) is 18.2 Å². The number of piperidine rings is 2. The molecule has 0 radical (unpaired) electrons. The normalized spacial score (nSPS) is 27.3. The van der Waals surface area contributed by atoms with Crippen molar-refractivity contribution in [2.75, 3.05) is 39.9 Å². The van der Waals surface area contributed by atoms with Crippen LogP contribution in [0, 0.1) is 5.92 Å². The second-order valence-electron chi connectivity index (χ2n) is 8.27. The first-order valence-electron chi connectivity index (χ1n) is 10.6. The van der Waals surface area contributed by atoms with Gasteiger partial charge in [-0.1, -0.05) is 6.42 Å². The Morgan fingerprint density at radius 2 is 1.77 bits per heavy atom. The predicted molar refractivity (Wildman–Crippen MR) is 105 cm³/mol. The van der Waals surface area contributed by atoms with Crippen LogP contribution in [0.3, 0.4) is 0 Å². The molecule has 2 atom stereocenters. The molecule has 144 valence electrons. The lowest BCUT2D eigenvalue weighted by atomic mass is 9.84. The van der Waals surface area contributed by atoms with Crippen molar-refractivity contribution in [3.05, 3.63) is 23.8 Å². The first-order chi connectivity index (χ1) is 12.8. The van der Waals surface area contributed by atoms with E-state index in [-0.39, 0.29) is 0 Å². The highest BCUT2D eigenvalue weighted by molar-refractivity contribution is 5.40. The van der Waals surface area contributed by atoms with Gasteiger partial charge in [0.25, 0.3) is 0 Å². The van der Waals surface area contributed by atoms with Gasteiger partial charge in [0.1, 0.15) is 11.5 Å². The lowest BCUT2D eigenvalue weighted by Gasteiger charge is -2.44. The zero-order chi connectivity index (χ0) is 17.8. The van der Waals surface area contributed by atoms with E-state index in [1.807, 2.05) is 0 Å². The van der Waals surface area contributed by atoms with Gasteiger partial charge in [0.05, 0.1) is 13.7 Å².